The molecule has 1 N–H and O–H groups in total. The van der Waals surface area contributed by atoms with Crippen LogP contribution in [-0.4, -0.2) is 46.6 Å². The highest BCUT2D eigenvalue weighted by Crippen LogP contribution is 2.27. The molecule has 25 heavy (non-hydrogen) atoms. The number of carbonyl (C=O) groups is 2. The van der Waals surface area contributed by atoms with E-state index in [0.717, 1.165) is 22.7 Å². The third-order valence-corrected chi connectivity index (χ3v) is 5.01. The topological polar surface area (TPSA) is 79.7 Å². The number of ether oxygens (including phenoxy) is 1. The molecule has 1 aliphatic heterocycles. The number of benzene rings is 1. The van der Waals surface area contributed by atoms with Crippen molar-refractivity contribution in [1.82, 2.24) is 9.88 Å². The molecule has 0 bridgehead atoms. The van der Waals surface area contributed by atoms with Gasteiger partial charge < -0.3 is 14.7 Å². The van der Waals surface area contributed by atoms with Gasteiger partial charge in [0.2, 0.25) is 0 Å². The summed E-state index contributed by atoms with van der Waals surface area (Å²) in [4.78, 5) is 29.5. The molecule has 1 amide bonds. The van der Waals surface area contributed by atoms with E-state index in [1.54, 1.807) is 10.3 Å². The van der Waals surface area contributed by atoms with E-state index in [-0.39, 0.29) is 12.5 Å². The van der Waals surface area contributed by atoms with Gasteiger partial charge in [-0.05, 0) is 37.1 Å². The van der Waals surface area contributed by atoms with E-state index >= 15 is 0 Å². The van der Waals surface area contributed by atoms with Gasteiger partial charge in [0.25, 0.3) is 5.91 Å². The average molecular weight is 360 g/mol. The summed E-state index contributed by atoms with van der Waals surface area (Å²) in [5.41, 5.74) is 1.30. The van der Waals surface area contributed by atoms with Crippen molar-refractivity contribution >= 4 is 23.2 Å². The van der Waals surface area contributed by atoms with Crippen molar-refractivity contribution in [3.8, 4) is 16.3 Å². The first kappa shape index (κ1) is 17.4. The number of amides is 1. The molecule has 0 saturated carbocycles. The maximum Gasteiger partial charge on any atom is 0.308 e. The van der Waals surface area contributed by atoms with Crippen molar-refractivity contribution in [2.24, 2.45) is 5.92 Å². The summed E-state index contributed by atoms with van der Waals surface area (Å²) in [5.74, 6) is -0.707. The lowest BCUT2D eigenvalue weighted by Gasteiger charge is -2.13. The molecule has 1 aromatic heterocycles. The molecular formula is C18H20N2O4S. The third kappa shape index (κ3) is 3.99. The largest absolute Gasteiger partial charge is 0.494 e. The van der Waals surface area contributed by atoms with Crippen molar-refractivity contribution in [2.75, 3.05) is 19.7 Å². The van der Waals surface area contributed by atoms with Crippen molar-refractivity contribution in [1.29, 1.82) is 0 Å². The fourth-order valence-electron chi connectivity index (χ4n) is 2.73. The lowest BCUT2D eigenvalue weighted by Crippen LogP contribution is -2.30. The first-order valence-electron chi connectivity index (χ1n) is 8.29. The third-order valence-electron chi connectivity index (χ3n) is 4.12. The van der Waals surface area contributed by atoms with Crippen LogP contribution in [0.2, 0.25) is 0 Å². The number of carboxylic acids is 1. The van der Waals surface area contributed by atoms with Gasteiger partial charge in [-0.15, -0.1) is 11.3 Å². The highest BCUT2D eigenvalue weighted by Gasteiger charge is 2.32. The second-order valence-electron chi connectivity index (χ2n) is 5.99. The Balaban J connectivity index is 1.68. The van der Waals surface area contributed by atoms with E-state index in [1.165, 1.54) is 11.3 Å². The highest BCUT2D eigenvalue weighted by atomic mass is 32.1. The zero-order valence-corrected chi connectivity index (χ0v) is 14.8. The van der Waals surface area contributed by atoms with Crippen LogP contribution in [0.4, 0.5) is 0 Å². The minimum atomic E-state index is -0.848. The Morgan fingerprint density at radius 3 is 2.76 bits per heavy atom. The van der Waals surface area contributed by atoms with Crippen molar-refractivity contribution in [3.05, 3.63) is 35.3 Å². The van der Waals surface area contributed by atoms with Gasteiger partial charge in [-0.3, -0.25) is 9.59 Å². The molecular weight excluding hydrogens is 340 g/mol. The van der Waals surface area contributed by atoms with Gasteiger partial charge in [-0.1, -0.05) is 6.92 Å². The second-order valence-corrected chi connectivity index (χ2v) is 6.84. The maximum atomic E-state index is 12.5. The van der Waals surface area contributed by atoms with E-state index in [4.69, 9.17) is 9.84 Å². The van der Waals surface area contributed by atoms with E-state index in [9.17, 15) is 9.59 Å². The van der Waals surface area contributed by atoms with Crippen LogP contribution in [0.3, 0.4) is 0 Å². The van der Waals surface area contributed by atoms with Gasteiger partial charge in [0.05, 0.1) is 12.5 Å². The molecule has 1 saturated heterocycles. The van der Waals surface area contributed by atoms with Crippen LogP contribution in [0.15, 0.2) is 29.6 Å². The minimum Gasteiger partial charge on any atom is -0.494 e. The zero-order chi connectivity index (χ0) is 17.8. The molecule has 1 fully saturated rings. The number of likely N-dealkylation sites (tertiary alicyclic amines) is 1. The van der Waals surface area contributed by atoms with Crippen LogP contribution >= 0.6 is 11.3 Å². The molecule has 2 aromatic rings. The monoisotopic (exact) mass is 360 g/mol. The summed E-state index contributed by atoms with van der Waals surface area (Å²) in [6.07, 6.45) is 1.45. The molecule has 6 nitrogen and oxygen atoms in total. The molecule has 132 valence electrons. The summed E-state index contributed by atoms with van der Waals surface area (Å²) >= 11 is 1.40. The van der Waals surface area contributed by atoms with Crippen LogP contribution in [0.25, 0.3) is 10.6 Å². The molecule has 1 aromatic carbocycles. The summed E-state index contributed by atoms with van der Waals surface area (Å²) < 4.78 is 5.56. The molecule has 1 aliphatic rings. The summed E-state index contributed by atoms with van der Waals surface area (Å²) in [7, 11) is 0. The second kappa shape index (κ2) is 7.65. The van der Waals surface area contributed by atoms with Crippen LogP contribution < -0.4 is 4.74 Å². The maximum absolute atomic E-state index is 12.5. The summed E-state index contributed by atoms with van der Waals surface area (Å²) in [6, 6.07) is 7.64. The molecule has 7 heteroatoms. The van der Waals surface area contributed by atoms with Crippen LogP contribution in [0.5, 0.6) is 5.75 Å². The van der Waals surface area contributed by atoms with E-state index in [1.807, 2.05) is 24.3 Å². The molecule has 0 spiro atoms. The van der Waals surface area contributed by atoms with Gasteiger partial charge in [0.1, 0.15) is 16.5 Å². The Morgan fingerprint density at radius 2 is 2.12 bits per heavy atom. The van der Waals surface area contributed by atoms with Gasteiger partial charge >= 0.3 is 5.97 Å². The van der Waals surface area contributed by atoms with E-state index < -0.39 is 11.9 Å². The molecule has 1 atom stereocenters. The highest BCUT2D eigenvalue weighted by molar-refractivity contribution is 7.13. The summed E-state index contributed by atoms with van der Waals surface area (Å²) in [5, 5.41) is 11.5. The Kier molecular flexibility index (Phi) is 5.33. The first-order chi connectivity index (χ1) is 12.1. The SMILES string of the molecule is CCCOc1ccc(-c2nc(C(=O)N3CCC(C(=O)O)C3)cs2)cc1. The Hall–Kier alpha value is -2.41. The number of carbonyl (C=O) groups excluding carboxylic acids is 1. The lowest BCUT2D eigenvalue weighted by molar-refractivity contribution is -0.141. The van der Waals surface area contributed by atoms with Crippen molar-refractivity contribution in [3.63, 3.8) is 0 Å². The molecule has 1 unspecified atom stereocenters. The number of aromatic nitrogens is 1. The average Bonchev–Trinajstić information content (AvgIpc) is 3.29. The number of nitrogens with zero attached hydrogens (tertiary/aromatic N) is 2. The molecule has 0 radical (unpaired) electrons. The molecule has 2 heterocycles. The lowest BCUT2D eigenvalue weighted by atomic mass is 10.1. The predicted octanol–water partition coefficient (Wildman–Crippen LogP) is 3.15. The number of hydrogen-bond donors (Lipinski definition) is 1. The fourth-order valence-corrected chi connectivity index (χ4v) is 3.53. The Bertz CT molecular complexity index is 757. The normalized spacial score (nSPS) is 16.8. The smallest absolute Gasteiger partial charge is 0.308 e. The Morgan fingerprint density at radius 1 is 1.36 bits per heavy atom. The van der Waals surface area contributed by atoms with Gasteiger partial charge in [-0.25, -0.2) is 4.98 Å². The van der Waals surface area contributed by atoms with Gasteiger partial charge in [0, 0.05) is 24.0 Å². The zero-order valence-electron chi connectivity index (χ0n) is 14.0. The first-order valence-corrected chi connectivity index (χ1v) is 9.17. The number of carboxylic acid groups (broad SMARTS) is 1. The van der Waals surface area contributed by atoms with Crippen molar-refractivity contribution in [2.45, 2.75) is 19.8 Å². The predicted molar refractivity (Wildman–Crippen MR) is 95.0 cm³/mol. The van der Waals surface area contributed by atoms with Crippen molar-refractivity contribution < 1.29 is 19.4 Å². The van der Waals surface area contributed by atoms with E-state index in [2.05, 4.69) is 11.9 Å². The van der Waals surface area contributed by atoms with Gasteiger partial charge in [-0.2, -0.15) is 0 Å². The minimum absolute atomic E-state index is 0.200. The number of aliphatic carboxylic acids is 1. The van der Waals surface area contributed by atoms with E-state index in [0.29, 0.717) is 25.3 Å². The fraction of sp³-hybridized carbons (Fsp3) is 0.389. The van der Waals surface area contributed by atoms with Crippen LogP contribution in [0, 0.1) is 5.92 Å². The Labute approximate surface area is 150 Å². The standard InChI is InChI=1S/C18H20N2O4S/c1-2-9-24-14-5-3-12(4-6-14)16-19-15(11-25-16)17(21)20-8-7-13(10-20)18(22)23/h3-6,11,13H,2,7-10H2,1H3,(H,22,23). The number of thiazole rings is 1. The van der Waals surface area contributed by atoms with Crippen LogP contribution in [0.1, 0.15) is 30.3 Å². The quantitative estimate of drug-likeness (QED) is 0.856. The number of rotatable bonds is 6. The van der Waals surface area contributed by atoms with Gasteiger partial charge in [0.15, 0.2) is 0 Å². The number of hydrogen-bond acceptors (Lipinski definition) is 5. The summed E-state index contributed by atoms with van der Waals surface area (Å²) in [6.45, 7) is 3.46. The van der Waals surface area contributed by atoms with Crippen LogP contribution in [-0.2, 0) is 4.79 Å². The molecule has 0 aliphatic carbocycles. The molecule has 3 rings (SSSR count).